The van der Waals surface area contributed by atoms with E-state index in [-0.39, 0.29) is 0 Å². The monoisotopic (exact) mass is 269 g/mol. The first kappa shape index (κ1) is 13.9. The van der Waals surface area contributed by atoms with Crippen LogP contribution in [0.1, 0.15) is 30.5 Å². The van der Waals surface area contributed by atoms with Crippen molar-refractivity contribution in [2.24, 2.45) is 11.7 Å². The van der Waals surface area contributed by atoms with Crippen molar-refractivity contribution in [1.29, 1.82) is 0 Å². The Bertz CT molecular complexity index is 365. The van der Waals surface area contributed by atoms with Crippen LogP contribution in [-0.4, -0.2) is 36.2 Å². The lowest BCUT2D eigenvalue weighted by Crippen LogP contribution is -2.36. The van der Waals surface area contributed by atoms with E-state index < -0.39 is 0 Å². The Morgan fingerprint density at radius 2 is 2.39 bits per heavy atom. The van der Waals surface area contributed by atoms with Crippen LogP contribution < -0.4 is 5.73 Å². The van der Waals surface area contributed by atoms with Crippen LogP contribution in [0.4, 0.5) is 0 Å². The Hall–Kier alpha value is -0.490. The number of hydrogen-bond donors (Lipinski definition) is 1. The summed E-state index contributed by atoms with van der Waals surface area (Å²) in [7, 11) is 1.76. The number of ether oxygens (including phenoxy) is 1. The fourth-order valence-electron chi connectivity index (χ4n) is 2.24. The Labute approximate surface area is 113 Å². The standard InChI is InChI=1S/C13H23N3OS/c1-10(11-3-4-11)16(5-6-17-2)8-12-9-18-13(7-14)15-12/h9-11H,3-8,14H2,1-2H3. The number of aromatic nitrogens is 1. The van der Waals surface area contributed by atoms with Gasteiger partial charge in [-0.25, -0.2) is 4.98 Å². The lowest BCUT2D eigenvalue weighted by molar-refractivity contribution is 0.111. The predicted molar refractivity (Wildman–Crippen MR) is 74.5 cm³/mol. The molecule has 2 N–H and O–H groups in total. The van der Waals surface area contributed by atoms with Crippen molar-refractivity contribution in [1.82, 2.24) is 9.88 Å². The van der Waals surface area contributed by atoms with E-state index in [1.54, 1.807) is 18.4 Å². The van der Waals surface area contributed by atoms with Gasteiger partial charge in [0, 0.05) is 38.2 Å². The fraction of sp³-hybridized carbons (Fsp3) is 0.769. The van der Waals surface area contributed by atoms with Crippen LogP contribution in [0.3, 0.4) is 0 Å². The molecule has 1 fully saturated rings. The van der Waals surface area contributed by atoms with Gasteiger partial charge in [-0.2, -0.15) is 0 Å². The van der Waals surface area contributed by atoms with Crippen LogP contribution in [0, 0.1) is 5.92 Å². The quantitative estimate of drug-likeness (QED) is 0.782. The van der Waals surface area contributed by atoms with Gasteiger partial charge in [0.15, 0.2) is 0 Å². The summed E-state index contributed by atoms with van der Waals surface area (Å²) in [5.74, 6) is 0.870. The molecule has 1 atom stereocenters. The molecule has 0 spiro atoms. The Morgan fingerprint density at radius 1 is 1.61 bits per heavy atom. The summed E-state index contributed by atoms with van der Waals surface area (Å²) in [5.41, 5.74) is 6.75. The zero-order valence-corrected chi connectivity index (χ0v) is 12.1. The molecule has 1 saturated carbocycles. The molecule has 1 heterocycles. The third-order valence-corrected chi connectivity index (χ3v) is 4.52. The normalized spacial score (nSPS) is 17.3. The van der Waals surface area contributed by atoms with E-state index in [9.17, 15) is 0 Å². The third-order valence-electron chi connectivity index (χ3n) is 3.60. The van der Waals surface area contributed by atoms with Gasteiger partial charge in [-0.1, -0.05) is 0 Å². The van der Waals surface area contributed by atoms with Crippen LogP contribution in [0.2, 0.25) is 0 Å². The topological polar surface area (TPSA) is 51.4 Å². The molecule has 0 bridgehead atoms. The van der Waals surface area contributed by atoms with E-state index in [1.807, 2.05) is 0 Å². The summed E-state index contributed by atoms with van der Waals surface area (Å²) in [6.07, 6.45) is 2.74. The van der Waals surface area contributed by atoms with E-state index in [1.165, 1.54) is 12.8 Å². The number of nitrogens with zero attached hydrogens (tertiary/aromatic N) is 2. The van der Waals surface area contributed by atoms with Gasteiger partial charge in [0.1, 0.15) is 5.01 Å². The highest BCUT2D eigenvalue weighted by Gasteiger charge is 2.32. The van der Waals surface area contributed by atoms with Gasteiger partial charge < -0.3 is 10.5 Å². The number of rotatable bonds is 8. The van der Waals surface area contributed by atoms with E-state index in [2.05, 4.69) is 22.2 Å². The second-order valence-electron chi connectivity index (χ2n) is 4.98. The maximum atomic E-state index is 5.61. The van der Waals surface area contributed by atoms with E-state index in [0.29, 0.717) is 12.6 Å². The minimum Gasteiger partial charge on any atom is -0.383 e. The molecular weight excluding hydrogens is 246 g/mol. The third kappa shape index (κ3) is 3.75. The highest BCUT2D eigenvalue weighted by Crippen LogP contribution is 2.35. The number of nitrogens with two attached hydrogens (primary N) is 1. The number of thiazole rings is 1. The molecule has 1 aromatic rings. The largest absolute Gasteiger partial charge is 0.383 e. The molecule has 1 aliphatic rings. The molecule has 2 rings (SSSR count). The van der Waals surface area contributed by atoms with E-state index >= 15 is 0 Å². The molecular formula is C13H23N3OS. The van der Waals surface area contributed by atoms with Gasteiger partial charge in [-0.15, -0.1) is 11.3 Å². The van der Waals surface area contributed by atoms with Crippen molar-refractivity contribution in [3.63, 3.8) is 0 Å². The second-order valence-corrected chi connectivity index (χ2v) is 5.92. The van der Waals surface area contributed by atoms with Crippen molar-refractivity contribution >= 4 is 11.3 Å². The van der Waals surface area contributed by atoms with Crippen LogP contribution in [0.15, 0.2) is 5.38 Å². The summed E-state index contributed by atoms with van der Waals surface area (Å²) >= 11 is 1.66. The zero-order chi connectivity index (χ0) is 13.0. The van der Waals surface area contributed by atoms with Crippen molar-refractivity contribution in [2.75, 3.05) is 20.3 Å². The Balaban J connectivity index is 1.94. The summed E-state index contributed by atoms with van der Waals surface area (Å²) in [4.78, 5) is 7.03. The van der Waals surface area contributed by atoms with Gasteiger partial charge >= 0.3 is 0 Å². The SMILES string of the molecule is COCCN(Cc1csc(CN)n1)C(C)C1CC1. The van der Waals surface area contributed by atoms with Crippen LogP contribution >= 0.6 is 11.3 Å². The second kappa shape index (κ2) is 6.61. The molecule has 0 amide bonds. The summed E-state index contributed by atoms with van der Waals surface area (Å²) in [6.45, 7) is 5.54. The maximum absolute atomic E-state index is 5.61. The molecule has 5 heteroatoms. The highest BCUT2D eigenvalue weighted by atomic mass is 32.1. The van der Waals surface area contributed by atoms with Crippen LogP contribution in [0.25, 0.3) is 0 Å². The van der Waals surface area contributed by atoms with E-state index in [0.717, 1.165) is 36.3 Å². The van der Waals surface area contributed by atoms with Crippen LogP contribution in [0.5, 0.6) is 0 Å². The predicted octanol–water partition coefficient (Wildman–Crippen LogP) is 1.85. The molecule has 0 aromatic carbocycles. The lowest BCUT2D eigenvalue weighted by Gasteiger charge is -2.28. The fourth-order valence-corrected chi connectivity index (χ4v) is 2.90. The van der Waals surface area contributed by atoms with E-state index in [4.69, 9.17) is 10.5 Å². The first-order valence-corrected chi connectivity index (χ1v) is 7.49. The zero-order valence-electron chi connectivity index (χ0n) is 11.3. The number of methoxy groups -OCH3 is 1. The number of hydrogen-bond acceptors (Lipinski definition) is 5. The smallest absolute Gasteiger partial charge is 0.106 e. The molecule has 102 valence electrons. The molecule has 1 aliphatic carbocycles. The Morgan fingerprint density at radius 3 is 2.94 bits per heavy atom. The van der Waals surface area contributed by atoms with Crippen molar-refractivity contribution in [3.05, 3.63) is 16.1 Å². The van der Waals surface area contributed by atoms with Gasteiger partial charge in [-0.3, -0.25) is 4.90 Å². The molecule has 1 aromatic heterocycles. The molecule has 0 aliphatic heterocycles. The molecule has 4 nitrogen and oxygen atoms in total. The highest BCUT2D eigenvalue weighted by molar-refractivity contribution is 7.09. The van der Waals surface area contributed by atoms with Gasteiger partial charge in [-0.05, 0) is 25.7 Å². The lowest BCUT2D eigenvalue weighted by atomic mass is 10.2. The average Bonchev–Trinajstić information content (AvgIpc) is 3.14. The Kier molecular flexibility index (Phi) is 5.12. The van der Waals surface area contributed by atoms with Crippen molar-refractivity contribution in [3.8, 4) is 0 Å². The first-order chi connectivity index (χ1) is 8.74. The summed E-state index contributed by atoms with van der Waals surface area (Å²) in [5, 5.41) is 3.15. The molecule has 0 radical (unpaired) electrons. The first-order valence-electron chi connectivity index (χ1n) is 6.61. The van der Waals surface area contributed by atoms with Gasteiger partial charge in [0.25, 0.3) is 0 Å². The minimum absolute atomic E-state index is 0.543. The average molecular weight is 269 g/mol. The van der Waals surface area contributed by atoms with Crippen LogP contribution in [-0.2, 0) is 17.8 Å². The molecule has 0 saturated heterocycles. The van der Waals surface area contributed by atoms with Crippen molar-refractivity contribution in [2.45, 2.75) is 38.9 Å². The maximum Gasteiger partial charge on any atom is 0.106 e. The van der Waals surface area contributed by atoms with Gasteiger partial charge in [0.2, 0.25) is 0 Å². The van der Waals surface area contributed by atoms with Crippen molar-refractivity contribution < 1.29 is 4.74 Å². The van der Waals surface area contributed by atoms with Gasteiger partial charge in [0.05, 0.1) is 12.3 Å². The summed E-state index contributed by atoms with van der Waals surface area (Å²) in [6, 6.07) is 0.628. The molecule has 1 unspecified atom stereocenters. The minimum atomic E-state index is 0.543. The summed E-state index contributed by atoms with van der Waals surface area (Å²) < 4.78 is 5.21. The molecule has 18 heavy (non-hydrogen) atoms.